The van der Waals surface area contributed by atoms with E-state index in [0.29, 0.717) is 12.1 Å². The maximum absolute atomic E-state index is 12.7. The van der Waals surface area contributed by atoms with Crippen molar-refractivity contribution >= 4 is 12.0 Å². The number of carbonyl (C=O) groups excluding carboxylic acids is 1. The fourth-order valence-corrected chi connectivity index (χ4v) is 2.85. The second-order valence-corrected chi connectivity index (χ2v) is 6.27. The molecule has 0 aliphatic heterocycles. The van der Waals surface area contributed by atoms with Gasteiger partial charge >= 0.3 is 6.61 Å². The molecular formula is C21H21F2NO3. The topological polar surface area (TPSA) is 38.8 Å². The highest BCUT2D eigenvalue weighted by molar-refractivity contribution is 5.92. The zero-order valence-electron chi connectivity index (χ0n) is 15.0. The third-order valence-electron chi connectivity index (χ3n) is 4.31. The lowest BCUT2D eigenvalue weighted by Crippen LogP contribution is -2.31. The fraction of sp³-hybridized carbons (Fsp3) is 0.286. The van der Waals surface area contributed by atoms with Crippen molar-refractivity contribution in [2.24, 2.45) is 0 Å². The van der Waals surface area contributed by atoms with Gasteiger partial charge in [0.05, 0.1) is 7.11 Å². The van der Waals surface area contributed by atoms with Crippen LogP contribution in [0.4, 0.5) is 8.78 Å². The first-order valence-electron chi connectivity index (χ1n) is 8.73. The molecule has 0 N–H and O–H groups in total. The number of amides is 1. The lowest BCUT2D eigenvalue weighted by atomic mass is 10.1. The number of nitrogens with zero attached hydrogens (tertiary/aromatic N) is 1. The van der Waals surface area contributed by atoms with Gasteiger partial charge in [0.15, 0.2) is 11.5 Å². The van der Waals surface area contributed by atoms with Crippen LogP contribution >= 0.6 is 0 Å². The zero-order valence-corrected chi connectivity index (χ0v) is 15.0. The van der Waals surface area contributed by atoms with Crippen LogP contribution < -0.4 is 9.47 Å². The summed E-state index contributed by atoms with van der Waals surface area (Å²) in [6.07, 6.45) is 4.84. The van der Waals surface area contributed by atoms with E-state index < -0.39 is 6.61 Å². The average Bonchev–Trinajstić information content (AvgIpc) is 3.50. The van der Waals surface area contributed by atoms with E-state index in [1.165, 1.54) is 25.3 Å². The molecule has 1 fully saturated rings. The summed E-state index contributed by atoms with van der Waals surface area (Å²) in [5.74, 6) is -0.0551. The average molecular weight is 373 g/mol. The Kier molecular flexibility index (Phi) is 6.06. The van der Waals surface area contributed by atoms with Gasteiger partial charge < -0.3 is 14.4 Å². The molecule has 1 aliphatic carbocycles. The SMILES string of the molecule is COc1cccc(/C=C/C(=O)N(Cc2ccccc2)C2CC2)c1OC(F)F. The molecule has 2 aromatic carbocycles. The van der Waals surface area contributed by atoms with Gasteiger partial charge in [-0.05, 0) is 30.5 Å². The molecule has 1 amide bonds. The molecule has 4 nitrogen and oxygen atoms in total. The van der Waals surface area contributed by atoms with Gasteiger partial charge in [0.25, 0.3) is 0 Å². The lowest BCUT2D eigenvalue weighted by molar-refractivity contribution is -0.127. The molecule has 0 atom stereocenters. The third kappa shape index (κ3) is 5.06. The summed E-state index contributed by atoms with van der Waals surface area (Å²) >= 11 is 0. The molecule has 0 heterocycles. The molecule has 3 rings (SSSR count). The van der Waals surface area contributed by atoms with Gasteiger partial charge in [-0.25, -0.2) is 0 Å². The summed E-state index contributed by atoms with van der Waals surface area (Å²) in [5.41, 5.74) is 1.41. The van der Waals surface area contributed by atoms with Crippen LogP contribution in [-0.4, -0.2) is 30.6 Å². The van der Waals surface area contributed by atoms with E-state index in [2.05, 4.69) is 4.74 Å². The molecule has 1 saturated carbocycles. The van der Waals surface area contributed by atoms with E-state index in [0.717, 1.165) is 18.4 Å². The Morgan fingerprint density at radius 3 is 2.56 bits per heavy atom. The second kappa shape index (κ2) is 8.66. The van der Waals surface area contributed by atoms with Gasteiger partial charge in [0.2, 0.25) is 5.91 Å². The summed E-state index contributed by atoms with van der Waals surface area (Å²) in [6.45, 7) is -2.46. The Labute approximate surface area is 157 Å². The van der Waals surface area contributed by atoms with Crippen LogP contribution in [0.3, 0.4) is 0 Å². The maximum Gasteiger partial charge on any atom is 0.387 e. The number of ether oxygens (including phenoxy) is 2. The Morgan fingerprint density at radius 2 is 1.93 bits per heavy atom. The number of rotatable bonds is 8. The number of para-hydroxylation sites is 1. The van der Waals surface area contributed by atoms with E-state index >= 15 is 0 Å². The van der Waals surface area contributed by atoms with Crippen LogP contribution in [0.15, 0.2) is 54.6 Å². The van der Waals surface area contributed by atoms with E-state index in [1.54, 1.807) is 17.0 Å². The first kappa shape index (κ1) is 18.9. The summed E-state index contributed by atoms with van der Waals surface area (Å²) < 4.78 is 35.1. The summed E-state index contributed by atoms with van der Waals surface area (Å²) in [4.78, 5) is 14.5. The van der Waals surface area contributed by atoms with Crippen molar-refractivity contribution < 1.29 is 23.0 Å². The van der Waals surface area contributed by atoms with Gasteiger partial charge in [-0.1, -0.05) is 42.5 Å². The van der Waals surface area contributed by atoms with Gasteiger partial charge in [0, 0.05) is 24.2 Å². The molecule has 6 heteroatoms. The molecule has 0 bridgehead atoms. The largest absolute Gasteiger partial charge is 0.493 e. The third-order valence-corrected chi connectivity index (χ3v) is 4.31. The molecular weight excluding hydrogens is 352 g/mol. The molecule has 0 spiro atoms. The monoisotopic (exact) mass is 373 g/mol. The minimum Gasteiger partial charge on any atom is -0.493 e. The van der Waals surface area contributed by atoms with Crippen molar-refractivity contribution in [3.63, 3.8) is 0 Å². The standard InChI is InChI=1S/C21H21F2NO3/c1-26-18-9-5-8-16(20(18)27-21(22)23)10-13-19(25)24(17-11-12-17)14-15-6-3-2-4-7-15/h2-10,13,17,21H,11-12,14H2,1H3/b13-10+. The van der Waals surface area contributed by atoms with E-state index in [-0.39, 0.29) is 23.4 Å². The minimum atomic E-state index is -2.98. The number of alkyl halides is 2. The summed E-state index contributed by atoms with van der Waals surface area (Å²) in [5, 5.41) is 0. The number of hydrogen-bond donors (Lipinski definition) is 0. The van der Waals surface area contributed by atoms with E-state index in [1.807, 2.05) is 30.3 Å². The maximum atomic E-state index is 12.7. The molecule has 0 unspecified atom stereocenters. The van der Waals surface area contributed by atoms with Crippen LogP contribution in [0.1, 0.15) is 24.0 Å². The van der Waals surface area contributed by atoms with Crippen LogP contribution in [0.5, 0.6) is 11.5 Å². The quantitative estimate of drug-likeness (QED) is 0.640. The van der Waals surface area contributed by atoms with Crippen molar-refractivity contribution in [1.82, 2.24) is 4.90 Å². The van der Waals surface area contributed by atoms with Crippen molar-refractivity contribution in [2.45, 2.75) is 32.0 Å². The zero-order chi connectivity index (χ0) is 19.2. The van der Waals surface area contributed by atoms with Crippen molar-refractivity contribution in [1.29, 1.82) is 0 Å². The fourth-order valence-electron chi connectivity index (χ4n) is 2.85. The highest BCUT2D eigenvalue weighted by Gasteiger charge is 2.31. The Hall–Kier alpha value is -2.89. The smallest absolute Gasteiger partial charge is 0.387 e. The van der Waals surface area contributed by atoms with E-state index in [4.69, 9.17) is 4.74 Å². The van der Waals surface area contributed by atoms with Crippen molar-refractivity contribution in [3.05, 3.63) is 65.7 Å². The Morgan fingerprint density at radius 1 is 1.19 bits per heavy atom. The van der Waals surface area contributed by atoms with Crippen LogP contribution in [-0.2, 0) is 11.3 Å². The number of benzene rings is 2. The van der Waals surface area contributed by atoms with Crippen LogP contribution in [0.25, 0.3) is 6.08 Å². The number of methoxy groups -OCH3 is 1. The lowest BCUT2D eigenvalue weighted by Gasteiger charge is -2.21. The molecule has 2 aromatic rings. The van der Waals surface area contributed by atoms with Crippen molar-refractivity contribution in [3.8, 4) is 11.5 Å². The Bertz CT molecular complexity index is 804. The highest BCUT2D eigenvalue weighted by atomic mass is 19.3. The number of halogens is 2. The molecule has 0 saturated heterocycles. The summed E-state index contributed by atoms with van der Waals surface area (Å²) in [6, 6.07) is 14.8. The first-order valence-corrected chi connectivity index (χ1v) is 8.73. The molecule has 0 radical (unpaired) electrons. The molecule has 142 valence electrons. The summed E-state index contributed by atoms with van der Waals surface area (Å²) in [7, 11) is 1.38. The van der Waals surface area contributed by atoms with E-state index in [9.17, 15) is 13.6 Å². The van der Waals surface area contributed by atoms with Gasteiger partial charge in [-0.2, -0.15) is 8.78 Å². The first-order chi connectivity index (χ1) is 13.1. The van der Waals surface area contributed by atoms with Gasteiger partial charge in [0.1, 0.15) is 0 Å². The van der Waals surface area contributed by atoms with Crippen LogP contribution in [0.2, 0.25) is 0 Å². The van der Waals surface area contributed by atoms with Gasteiger partial charge in [-0.3, -0.25) is 4.79 Å². The van der Waals surface area contributed by atoms with Gasteiger partial charge in [-0.15, -0.1) is 0 Å². The predicted octanol–water partition coefficient (Wildman–Crippen LogP) is 4.50. The number of carbonyl (C=O) groups is 1. The predicted molar refractivity (Wildman–Crippen MR) is 98.7 cm³/mol. The number of hydrogen-bond acceptors (Lipinski definition) is 3. The van der Waals surface area contributed by atoms with Crippen molar-refractivity contribution in [2.75, 3.05) is 7.11 Å². The second-order valence-electron chi connectivity index (χ2n) is 6.27. The molecule has 27 heavy (non-hydrogen) atoms. The normalized spacial score (nSPS) is 13.8. The Balaban J connectivity index is 1.78. The highest BCUT2D eigenvalue weighted by Crippen LogP contribution is 2.34. The minimum absolute atomic E-state index is 0.0833. The molecule has 0 aromatic heterocycles. The van der Waals surface area contributed by atoms with Crippen LogP contribution in [0, 0.1) is 0 Å². The molecule has 1 aliphatic rings.